The van der Waals surface area contributed by atoms with E-state index in [1.54, 1.807) is 13.0 Å². The predicted molar refractivity (Wildman–Crippen MR) is 71.9 cm³/mol. The number of aromatic nitrogens is 2. The molecular weight excluding hydrogens is 252 g/mol. The molecule has 0 fully saturated rings. The summed E-state index contributed by atoms with van der Waals surface area (Å²) in [6.45, 7) is 5.35. The average Bonchev–Trinajstić information content (AvgIpc) is 2.31. The third kappa shape index (κ3) is 1.99. The first-order chi connectivity index (χ1) is 8.41. The zero-order valence-electron chi connectivity index (χ0n) is 10.4. The van der Waals surface area contributed by atoms with Crippen molar-refractivity contribution >= 4 is 11.6 Å². The first-order valence-electron chi connectivity index (χ1n) is 5.51. The number of hydrogen-bond acceptors (Lipinski definition) is 2. The molecule has 0 atom stereocenters. The van der Waals surface area contributed by atoms with Gasteiger partial charge in [0.2, 0.25) is 0 Å². The summed E-state index contributed by atoms with van der Waals surface area (Å²) in [7, 11) is 0. The van der Waals surface area contributed by atoms with E-state index in [-0.39, 0.29) is 5.15 Å². The van der Waals surface area contributed by atoms with Gasteiger partial charge >= 0.3 is 5.69 Å². The lowest BCUT2D eigenvalue weighted by Crippen LogP contribution is -2.35. The van der Waals surface area contributed by atoms with Crippen LogP contribution in [0.5, 0.6) is 0 Å². The number of benzene rings is 1. The maximum absolute atomic E-state index is 12.1. The van der Waals surface area contributed by atoms with Crippen molar-refractivity contribution < 1.29 is 0 Å². The van der Waals surface area contributed by atoms with Gasteiger partial charge in [0.15, 0.2) is 0 Å². The second-order valence-corrected chi connectivity index (χ2v) is 4.68. The van der Waals surface area contributed by atoms with Gasteiger partial charge in [0, 0.05) is 0 Å². The van der Waals surface area contributed by atoms with Crippen molar-refractivity contribution in [2.45, 2.75) is 20.8 Å². The number of nitrogens with one attached hydrogen (secondary N) is 1. The molecule has 2 aromatic rings. The number of hydrogen-bond donors (Lipinski definition) is 1. The van der Waals surface area contributed by atoms with Crippen LogP contribution >= 0.6 is 11.6 Å². The van der Waals surface area contributed by atoms with Gasteiger partial charge in [-0.2, -0.15) is 0 Å². The van der Waals surface area contributed by atoms with Gasteiger partial charge in [-0.3, -0.25) is 9.78 Å². The lowest BCUT2D eigenvalue weighted by Gasteiger charge is -2.10. The zero-order chi connectivity index (χ0) is 13.4. The molecule has 1 N–H and O–H groups in total. The number of aromatic amines is 1. The fourth-order valence-electron chi connectivity index (χ4n) is 1.78. The summed E-state index contributed by atoms with van der Waals surface area (Å²) in [6.07, 6.45) is 0. The minimum atomic E-state index is -0.524. The molecule has 0 spiro atoms. The highest BCUT2D eigenvalue weighted by Crippen LogP contribution is 2.13. The van der Waals surface area contributed by atoms with Crippen molar-refractivity contribution in [3.63, 3.8) is 0 Å². The summed E-state index contributed by atoms with van der Waals surface area (Å²) in [4.78, 5) is 26.5. The van der Waals surface area contributed by atoms with E-state index in [1.807, 2.05) is 26.0 Å². The van der Waals surface area contributed by atoms with Gasteiger partial charge in [-0.25, -0.2) is 9.36 Å². The fraction of sp³-hybridized carbons (Fsp3) is 0.231. The largest absolute Gasteiger partial charge is 0.334 e. The molecule has 0 aliphatic rings. The number of H-pyrrole nitrogens is 1. The third-order valence-electron chi connectivity index (χ3n) is 2.88. The Morgan fingerprint density at radius 3 is 2.50 bits per heavy atom. The van der Waals surface area contributed by atoms with Crippen molar-refractivity contribution in [2.24, 2.45) is 0 Å². The van der Waals surface area contributed by atoms with Crippen LogP contribution in [0.15, 0.2) is 27.8 Å². The first-order valence-corrected chi connectivity index (χ1v) is 5.88. The molecule has 18 heavy (non-hydrogen) atoms. The number of rotatable bonds is 1. The van der Waals surface area contributed by atoms with Crippen LogP contribution in [0.2, 0.25) is 5.15 Å². The molecular formula is C13H13ClN2O2. The molecule has 0 amide bonds. The standard InChI is InChI=1S/C13H13ClN2O2/c1-7-4-5-8(2)10(6-7)16-12(17)9(3)11(14)15-13(16)18/h4-6H,1-3H3,(H,15,18). The maximum atomic E-state index is 12.1. The average molecular weight is 265 g/mol. The zero-order valence-corrected chi connectivity index (χ0v) is 11.1. The van der Waals surface area contributed by atoms with E-state index in [2.05, 4.69) is 4.98 Å². The van der Waals surface area contributed by atoms with Crippen LogP contribution in [0.4, 0.5) is 0 Å². The highest BCUT2D eigenvalue weighted by atomic mass is 35.5. The first kappa shape index (κ1) is 12.6. The van der Waals surface area contributed by atoms with Crippen molar-refractivity contribution in [1.29, 1.82) is 0 Å². The number of halogens is 1. The summed E-state index contributed by atoms with van der Waals surface area (Å²) in [5, 5.41) is 0.0894. The molecule has 1 aromatic heterocycles. The van der Waals surface area contributed by atoms with Crippen molar-refractivity contribution in [3.8, 4) is 5.69 Å². The Labute approximate surface area is 109 Å². The van der Waals surface area contributed by atoms with E-state index in [1.165, 1.54) is 0 Å². The van der Waals surface area contributed by atoms with Gasteiger partial charge < -0.3 is 0 Å². The highest BCUT2D eigenvalue weighted by molar-refractivity contribution is 6.30. The Bertz CT molecular complexity index is 729. The molecule has 0 saturated heterocycles. The van der Waals surface area contributed by atoms with E-state index in [0.717, 1.165) is 15.7 Å². The van der Waals surface area contributed by atoms with E-state index < -0.39 is 11.2 Å². The van der Waals surface area contributed by atoms with Gasteiger partial charge in [0.05, 0.1) is 11.3 Å². The smallest absolute Gasteiger partial charge is 0.297 e. The lowest BCUT2D eigenvalue weighted by atomic mass is 10.1. The van der Waals surface area contributed by atoms with Crippen molar-refractivity contribution in [1.82, 2.24) is 9.55 Å². The molecule has 1 aromatic carbocycles. The number of aryl methyl sites for hydroxylation is 2. The SMILES string of the molecule is Cc1ccc(C)c(-n2c(=O)[nH]c(Cl)c(C)c2=O)c1. The molecule has 94 valence electrons. The van der Waals surface area contributed by atoms with Crippen LogP contribution in [-0.4, -0.2) is 9.55 Å². The quantitative estimate of drug-likeness (QED) is 0.802. The van der Waals surface area contributed by atoms with Crippen LogP contribution in [0, 0.1) is 20.8 Å². The second-order valence-electron chi connectivity index (χ2n) is 4.30. The van der Waals surface area contributed by atoms with Crippen LogP contribution in [0.1, 0.15) is 16.7 Å². The highest BCUT2D eigenvalue weighted by Gasteiger charge is 2.12. The molecule has 4 nitrogen and oxygen atoms in total. The van der Waals surface area contributed by atoms with Gasteiger partial charge in [-0.15, -0.1) is 0 Å². The van der Waals surface area contributed by atoms with Gasteiger partial charge in [0.25, 0.3) is 5.56 Å². The topological polar surface area (TPSA) is 54.9 Å². The summed E-state index contributed by atoms with van der Waals surface area (Å²) in [6, 6.07) is 5.61. The Morgan fingerprint density at radius 2 is 1.83 bits per heavy atom. The molecule has 1 heterocycles. The summed E-state index contributed by atoms with van der Waals surface area (Å²) >= 11 is 5.78. The van der Waals surface area contributed by atoms with Crippen LogP contribution in [-0.2, 0) is 0 Å². The van der Waals surface area contributed by atoms with Crippen LogP contribution in [0.3, 0.4) is 0 Å². The van der Waals surface area contributed by atoms with Crippen molar-refractivity contribution in [2.75, 3.05) is 0 Å². The van der Waals surface area contributed by atoms with Gasteiger partial charge in [-0.05, 0) is 38.0 Å². The minimum absolute atomic E-state index is 0.0894. The monoisotopic (exact) mass is 264 g/mol. The predicted octanol–water partition coefficient (Wildman–Crippen LogP) is 2.10. The normalized spacial score (nSPS) is 10.7. The Balaban J connectivity index is 2.88. The van der Waals surface area contributed by atoms with Crippen molar-refractivity contribution in [3.05, 3.63) is 60.9 Å². The summed E-state index contributed by atoms with van der Waals surface area (Å²) in [5.74, 6) is 0. The lowest BCUT2D eigenvalue weighted by molar-refractivity contribution is 0.853. The van der Waals surface area contributed by atoms with Crippen LogP contribution in [0.25, 0.3) is 5.69 Å². The minimum Gasteiger partial charge on any atom is -0.297 e. The number of nitrogens with zero attached hydrogens (tertiary/aromatic N) is 1. The Hall–Kier alpha value is -1.81. The Morgan fingerprint density at radius 1 is 1.17 bits per heavy atom. The molecule has 0 unspecified atom stereocenters. The van der Waals surface area contributed by atoms with E-state index >= 15 is 0 Å². The summed E-state index contributed by atoms with van der Waals surface area (Å²) in [5.41, 5.74) is 1.84. The van der Waals surface area contributed by atoms with Gasteiger partial charge in [-0.1, -0.05) is 23.7 Å². The molecule has 2 rings (SSSR count). The molecule has 0 bridgehead atoms. The molecule has 0 radical (unpaired) electrons. The maximum Gasteiger partial charge on any atom is 0.334 e. The van der Waals surface area contributed by atoms with Gasteiger partial charge in [0.1, 0.15) is 5.15 Å². The van der Waals surface area contributed by atoms with Crippen LogP contribution < -0.4 is 11.2 Å². The fourth-order valence-corrected chi connectivity index (χ4v) is 1.94. The molecule has 5 heteroatoms. The Kier molecular flexibility index (Phi) is 3.13. The molecule has 0 aliphatic carbocycles. The van der Waals surface area contributed by atoms with E-state index in [4.69, 9.17) is 11.6 Å². The molecule has 0 aliphatic heterocycles. The third-order valence-corrected chi connectivity index (χ3v) is 3.26. The van der Waals surface area contributed by atoms with E-state index in [0.29, 0.717) is 11.3 Å². The second kappa shape index (κ2) is 4.46. The summed E-state index contributed by atoms with van der Waals surface area (Å²) < 4.78 is 1.11. The molecule has 0 saturated carbocycles. The van der Waals surface area contributed by atoms with E-state index in [9.17, 15) is 9.59 Å².